The molecule has 22 heavy (non-hydrogen) atoms. The lowest BCUT2D eigenvalue weighted by atomic mass is 10.1. The summed E-state index contributed by atoms with van der Waals surface area (Å²) in [6, 6.07) is 11.5. The van der Waals surface area contributed by atoms with Crippen molar-refractivity contribution in [3.05, 3.63) is 54.4 Å². The Balaban J connectivity index is 1.85. The predicted molar refractivity (Wildman–Crippen MR) is 82.6 cm³/mol. The molecule has 0 aliphatic carbocycles. The van der Waals surface area contributed by atoms with Crippen LogP contribution in [0.2, 0.25) is 0 Å². The van der Waals surface area contributed by atoms with Gasteiger partial charge in [-0.1, -0.05) is 12.1 Å². The van der Waals surface area contributed by atoms with Gasteiger partial charge in [-0.05, 0) is 29.8 Å². The Morgan fingerprint density at radius 3 is 2.41 bits per heavy atom. The zero-order chi connectivity index (χ0) is 15.9. The van der Waals surface area contributed by atoms with Gasteiger partial charge in [-0.3, -0.25) is 9.59 Å². The molecule has 0 saturated heterocycles. The molecule has 6 nitrogen and oxygen atoms in total. The Hall–Kier alpha value is -2.60. The van der Waals surface area contributed by atoms with Crippen molar-refractivity contribution >= 4 is 11.8 Å². The molecule has 0 spiro atoms. The fourth-order valence-electron chi connectivity index (χ4n) is 2.01. The molecule has 0 bridgehead atoms. The average Bonchev–Trinajstić information content (AvgIpc) is 3.07. The molecule has 0 aliphatic heterocycles. The first kappa shape index (κ1) is 15.8. The lowest BCUT2D eigenvalue weighted by Crippen LogP contribution is -2.41. The Morgan fingerprint density at radius 2 is 1.82 bits per heavy atom. The summed E-state index contributed by atoms with van der Waals surface area (Å²) >= 11 is 0. The Kier molecular flexibility index (Phi) is 5.32. The normalized spacial score (nSPS) is 11.7. The van der Waals surface area contributed by atoms with Crippen LogP contribution in [-0.4, -0.2) is 41.2 Å². The number of nitrogens with zero attached hydrogens (tertiary/aromatic N) is 1. The van der Waals surface area contributed by atoms with Crippen molar-refractivity contribution in [2.45, 2.75) is 12.5 Å². The molecule has 1 unspecified atom stereocenters. The van der Waals surface area contributed by atoms with Gasteiger partial charge < -0.3 is 20.3 Å². The van der Waals surface area contributed by atoms with Crippen molar-refractivity contribution < 1.29 is 14.7 Å². The highest BCUT2D eigenvalue weighted by atomic mass is 16.3. The maximum atomic E-state index is 11.8. The van der Waals surface area contributed by atoms with Crippen molar-refractivity contribution in [3.8, 4) is 5.69 Å². The summed E-state index contributed by atoms with van der Waals surface area (Å²) in [5.41, 5.74) is 1.88. The molecule has 2 amide bonds. The number of rotatable bonds is 6. The van der Waals surface area contributed by atoms with Gasteiger partial charge in [0.15, 0.2) is 0 Å². The number of amides is 2. The van der Waals surface area contributed by atoms with E-state index in [1.807, 2.05) is 53.4 Å². The Bertz CT molecular complexity index is 621. The second kappa shape index (κ2) is 7.42. The molecule has 116 valence electrons. The van der Waals surface area contributed by atoms with E-state index in [0.29, 0.717) is 0 Å². The summed E-state index contributed by atoms with van der Waals surface area (Å²) in [5.74, 6) is -0.756. The SMILES string of the molecule is CNC(=O)C(O)CNC(=O)Cc1ccc(-n2cccc2)cc1. The second-order valence-corrected chi connectivity index (χ2v) is 4.87. The number of benzene rings is 1. The van der Waals surface area contributed by atoms with Gasteiger partial charge in [-0.2, -0.15) is 0 Å². The monoisotopic (exact) mass is 301 g/mol. The topological polar surface area (TPSA) is 83.4 Å². The van der Waals surface area contributed by atoms with Gasteiger partial charge in [-0.25, -0.2) is 0 Å². The maximum Gasteiger partial charge on any atom is 0.250 e. The molecular formula is C16H19N3O3. The third-order valence-electron chi connectivity index (χ3n) is 3.25. The van der Waals surface area contributed by atoms with Crippen LogP contribution in [0.5, 0.6) is 0 Å². The molecule has 1 heterocycles. The van der Waals surface area contributed by atoms with Gasteiger partial charge in [0, 0.05) is 25.1 Å². The minimum Gasteiger partial charge on any atom is -0.381 e. The van der Waals surface area contributed by atoms with E-state index >= 15 is 0 Å². The lowest BCUT2D eigenvalue weighted by Gasteiger charge is -2.10. The number of likely N-dealkylation sites (N-methyl/N-ethyl adjacent to an activating group) is 1. The predicted octanol–water partition coefficient (Wildman–Crippen LogP) is 0.243. The van der Waals surface area contributed by atoms with Crippen molar-refractivity contribution in [2.75, 3.05) is 13.6 Å². The standard InChI is InChI=1S/C16H19N3O3/c1-17-16(22)14(20)11-18-15(21)10-12-4-6-13(7-5-12)19-8-2-3-9-19/h2-9,14,20H,10-11H2,1H3,(H,17,22)(H,18,21). The molecule has 2 aromatic rings. The molecule has 0 fully saturated rings. The first-order valence-electron chi connectivity index (χ1n) is 6.99. The molecular weight excluding hydrogens is 282 g/mol. The number of nitrogens with one attached hydrogen (secondary N) is 2. The van der Waals surface area contributed by atoms with Crippen LogP contribution in [0, 0.1) is 0 Å². The quantitative estimate of drug-likeness (QED) is 0.715. The van der Waals surface area contributed by atoms with E-state index in [9.17, 15) is 14.7 Å². The number of hydrogen-bond donors (Lipinski definition) is 3. The van der Waals surface area contributed by atoms with Crippen molar-refractivity contribution in [1.29, 1.82) is 0 Å². The van der Waals surface area contributed by atoms with Crippen molar-refractivity contribution in [1.82, 2.24) is 15.2 Å². The highest BCUT2D eigenvalue weighted by Crippen LogP contribution is 2.10. The van der Waals surface area contributed by atoms with E-state index < -0.39 is 12.0 Å². The van der Waals surface area contributed by atoms with Crippen LogP contribution < -0.4 is 10.6 Å². The van der Waals surface area contributed by atoms with Gasteiger partial charge >= 0.3 is 0 Å². The fourth-order valence-corrected chi connectivity index (χ4v) is 2.01. The van der Waals surface area contributed by atoms with Crippen LogP contribution in [-0.2, 0) is 16.0 Å². The largest absolute Gasteiger partial charge is 0.381 e. The van der Waals surface area contributed by atoms with Crippen LogP contribution in [0.25, 0.3) is 5.69 Å². The second-order valence-electron chi connectivity index (χ2n) is 4.87. The zero-order valence-electron chi connectivity index (χ0n) is 12.3. The minimum absolute atomic E-state index is 0.0973. The molecule has 1 atom stereocenters. The summed E-state index contributed by atoms with van der Waals surface area (Å²) in [6.45, 7) is -0.0973. The average molecular weight is 301 g/mol. The number of aliphatic hydroxyl groups is 1. The van der Waals surface area contributed by atoms with E-state index in [1.165, 1.54) is 7.05 Å². The number of aromatic nitrogens is 1. The summed E-state index contributed by atoms with van der Waals surface area (Å²) in [6.07, 6.45) is 2.86. The van der Waals surface area contributed by atoms with E-state index in [4.69, 9.17) is 0 Å². The van der Waals surface area contributed by atoms with Crippen LogP contribution in [0.1, 0.15) is 5.56 Å². The molecule has 2 rings (SSSR count). The third-order valence-corrected chi connectivity index (χ3v) is 3.25. The van der Waals surface area contributed by atoms with Gasteiger partial charge in [0.25, 0.3) is 0 Å². The van der Waals surface area contributed by atoms with Crippen molar-refractivity contribution in [3.63, 3.8) is 0 Å². The molecule has 0 aliphatic rings. The smallest absolute Gasteiger partial charge is 0.250 e. The molecule has 1 aromatic heterocycles. The molecule has 0 radical (unpaired) electrons. The van der Waals surface area contributed by atoms with Crippen molar-refractivity contribution in [2.24, 2.45) is 0 Å². The van der Waals surface area contributed by atoms with Gasteiger partial charge in [0.05, 0.1) is 13.0 Å². The maximum absolute atomic E-state index is 11.8. The van der Waals surface area contributed by atoms with E-state index in [1.54, 1.807) is 0 Å². The zero-order valence-corrected chi connectivity index (χ0v) is 12.3. The highest BCUT2D eigenvalue weighted by Gasteiger charge is 2.14. The number of aliphatic hydroxyl groups excluding tert-OH is 1. The minimum atomic E-state index is -1.23. The number of carbonyl (C=O) groups is 2. The summed E-state index contributed by atoms with van der Waals surface area (Å²) < 4.78 is 1.98. The highest BCUT2D eigenvalue weighted by molar-refractivity contribution is 5.82. The fraction of sp³-hybridized carbons (Fsp3) is 0.250. The lowest BCUT2D eigenvalue weighted by molar-refractivity contribution is -0.129. The Labute approximate surface area is 128 Å². The van der Waals surface area contributed by atoms with Crippen LogP contribution >= 0.6 is 0 Å². The molecule has 1 aromatic carbocycles. The third kappa shape index (κ3) is 4.20. The van der Waals surface area contributed by atoms with E-state index in [2.05, 4.69) is 10.6 Å². The summed E-state index contributed by atoms with van der Waals surface area (Å²) in [5, 5.41) is 14.3. The van der Waals surface area contributed by atoms with E-state index in [-0.39, 0.29) is 18.9 Å². The Morgan fingerprint density at radius 1 is 1.18 bits per heavy atom. The number of carbonyl (C=O) groups excluding carboxylic acids is 2. The van der Waals surface area contributed by atoms with Crippen LogP contribution in [0.3, 0.4) is 0 Å². The first-order chi connectivity index (χ1) is 10.6. The molecule has 6 heteroatoms. The van der Waals surface area contributed by atoms with Gasteiger partial charge in [-0.15, -0.1) is 0 Å². The van der Waals surface area contributed by atoms with Crippen LogP contribution in [0.4, 0.5) is 0 Å². The van der Waals surface area contributed by atoms with Gasteiger partial charge in [0.2, 0.25) is 11.8 Å². The number of hydrogen-bond acceptors (Lipinski definition) is 3. The van der Waals surface area contributed by atoms with Crippen LogP contribution in [0.15, 0.2) is 48.8 Å². The van der Waals surface area contributed by atoms with Gasteiger partial charge in [0.1, 0.15) is 6.10 Å². The summed E-state index contributed by atoms with van der Waals surface area (Å²) in [7, 11) is 1.43. The first-order valence-corrected chi connectivity index (χ1v) is 6.99. The molecule has 0 saturated carbocycles. The van der Waals surface area contributed by atoms with E-state index in [0.717, 1.165) is 11.3 Å². The summed E-state index contributed by atoms with van der Waals surface area (Å²) in [4.78, 5) is 22.9. The molecule has 3 N–H and O–H groups in total.